The zero-order valence-corrected chi connectivity index (χ0v) is 14.4. The molecular formula is C21H19FN2O3. The number of aliphatic hydroxyl groups is 1. The third-order valence-corrected chi connectivity index (χ3v) is 3.81. The molecule has 0 saturated heterocycles. The molecule has 0 saturated carbocycles. The summed E-state index contributed by atoms with van der Waals surface area (Å²) in [6.07, 6.45) is -1.13. The molecule has 27 heavy (non-hydrogen) atoms. The Hall–Kier alpha value is -3.38. The van der Waals surface area contributed by atoms with Crippen molar-refractivity contribution in [3.63, 3.8) is 0 Å². The summed E-state index contributed by atoms with van der Waals surface area (Å²) in [6.45, 7) is -0.109. The zero-order chi connectivity index (χ0) is 19.1. The minimum Gasteiger partial charge on any atom is -0.457 e. The minimum absolute atomic E-state index is 0.109. The lowest BCUT2D eigenvalue weighted by atomic mass is 10.1. The predicted octanol–water partition coefficient (Wildman–Crippen LogP) is 4.47. The molecule has 3 rings (SSSR count). The van der Waals surface area contributed by atoms with Gasteiger partial charge in [0, 0.05) is 17.8 Å². The Kier molecular flexibility index (Phi) is 6.02. The molecule has 0 aromatic heterocycles. The molecule has 0 fully saturated rings. The van der Waals surface area contributed by atoms with Crippen LogP contribution < -0.4 is 15.4 Å². The van der Waals surface area contributed by atoms with Gasteiger partial charge in [-0.1, -0.05) is 36.4 Å². The second kappa shape index (κ2) is 8.82. The minimum atomic E-state index is -1.13. The molecule has 3 aromatic carbocycles. The van der Waals surface area contributed by atoms with Crippen molar-refractivity contribution in [3.8, 4) is 11.5 Å². The van der Waals surface area contributed by atoms with E-state index in [1.54, 1.807) is 30.3 Å². The van der Waals surface area contributed by atoms with E-state index in [-0.39, 0.29) is 12.1 Å². The fourth-order valence-electron chi connectivity index (χ4n) is 2.45. The monoisotopic (exact) mass is 366 g/mol. The van der Waals surface area contributed by atoms with E-state index in [9.17, 15) is 14.3 Å². The summed E-state index contributed by atoms with van der Waals surface area (Å²) in [5.41, 5.74) is 0.702. The van der Waals surface area contributed by atoms with E-state index >= 15 is 0 Å². The molecule has 0 bridgehead atoms. The number of anilines is 1. The highest BCUT2D eigenvalue weighted by atomic mass is 19.1. The van der Waals surface area contributed by atoms with Crippen LogP contribution in [0.5, 0.6) is 11.5 Å². The summed E-state index contributed by atoms with van der Waals surface area (Å²) in [7, 11) is 0. The van der Waals surface area contributed by atoms with Crippen LogP contribution in [0.3, 0.4) is 0 Å². The van der Waals surface area contributed by atoms with Crippen LogP contribution >= 0.6 is 0 Å². The number of carbonyl (C=O) groups is 1. The molecule has 0 aliphatic carbocycles. The SMILES string of the molecule is O=C(NCC(O)c1ccccc1F)Nc1ccc(Oc2ccccc2)cc1. The smallest absolute Gasteiger partial charge is 0.319 e. The third-order valence-electron chi connectivity index (χ3n) is 3.81. The molecule has 6 heteroatoms. The van der Waals surface area contributed by atoms with Crippen LogP contribution in [0.2, 0.25) is 0 Å². The van der Waals surface area contributed by atoms with Crippen LogP contribution in [-0.2, 0) is 0 Å². The van der Waals surface area contributed by atoms with Crippen molar-refractivity contribution in [3.05, 3.63) is 90.2 Å². The van der Waals surface area contributed by atoms with Crippen LogP contribution in [0.4, 0.5) is 14.9 Å². The van der Waals surface area contributed by atoms with E-state index in [0.717, 1.165) is 5.75 Å². The number of nitrogens with one attached hydrogen (secondary N) is 2. The summed E-state index contributed by atoms with van der Waals surface area (Å²) in [5.74, 6) is 0.849. The lowest BCUT2D eigenvalue weighted by Gasteiger charge is -2.14. The number of ether oxygens (including phenoxy) is 1. The molecule has 138 valence electrons. The summed E-state index contributed by atoms with van der Waals surface area (Å²) in [5, 5.41) is 15.2. The highest BCUT2D eigenvalue weighted by Gasteiger charge is 2.13. The fourth-order valence-corrected chi connectivity index (χ4v) is 2.45. The van der Waals surface area contributed by atoms with Crippen molar-refractivity contribution >= 4 is 11.7 Å². The van der Waals surface area contributed by atoms with Crippen LogP contribution in [0, 0.1) is 5.82 Å². The number of hydrogen-bond donors (Lipinski definition) is 3. The molecule has 0 heterocycles. The molecule has 2 amide bonds. The van der Waals surface area contributed by atoms with E-state index in [1.165, 1.54) is 18.2 Å². The first kappa shape index (κ1) is 18.4. The van der Waals surface area contributed by atoms with E-state index in [0.29, 0.717) is 11.4 Å². The topological polar surface area (TPSA) is 70.6 Å². The first-order valence-electron chi connectivity index (χ1n) is 8.42. The van der Waals surface area contributed by atoms with Gasteiger partial charge in [-0.2, -0.15) is 0 Å². The molecule has 0 aliphatic heterocycles. The number of carbonyl (C=O) groups excluding carboxylic acids is 1. The number of rotatable bonds is 6. The second-order valence-electron chi connectivity index (χ2n) is 5.81. The highest BCUT2D eigenvalue weighted by Crippen LogP contribution is 2.22. The predicted molar refractivity (Wildman–Crippen MR) is 101 cm³/mol. The summed E-state index contributed by atoms with van der Waals surface area (Å²) >= 11 is 0. The Morgan fingerprint density at radius 1 is 0.926 bits per heavy atom. The maximum Gasteiger partial charge on any atom is 0.319 e. The van der Waals surface area contributed by atoms with Gasteiger partial charge in [-0.3, -0.25) is 0 Å². The highest BCUT2D eigenvalue weighted by molar-refractivity contribution is 5.89. The van der Waals surface area contributed by atoms with Crippen molar-refractivity contribution in [2.45, 2.75) is 6.10 Å². The molecule has 3 aromatic rings. The Bertz CT molecular complexity index is 885. The van der Waals surface area contributed by atoms with Gasteiger partial charge < -0.3 is 20.5 Å². The van der Waals surface area contributed by atoms with Crippen molar-refractivity contribution in [1.82, 2.24) is 5.32 Å². The van der Waals surface area contributed by atoms with Crippen LogP contribution in [0.1, 0.15) is 11.7 Å². The Morgan fingerprint density at radius 3 is 2.26 bits per heavy atom. The van der Waals surface area contributed by atoms with Crippen LogP contribution in [-0.4, -0.2) is 17.7 Å². The van der Waals surface area contributed by atoms with Gasteiger partial charge >= 0.3 is 6.03 Å². The molecule has 1 atom stereocenters. The summed E-state index contributed by atoms with van der Waals surface area (Å²) in [4.78, 5) is 12.0. The van der Waals surface area contributed by atoms with Gasteiger partial charge in [0.1, 0.15) is 17.3 Å². The lowest BCUT2D eigenvalue weighted by molar-refractivity contribution is 0.170. The third kappa shape index (κ3) is 5.29. The van der Waals surface area contributed by atoms with Crippen molar-refractivity contribution in [2.24, 2.45) is 0 Å². The van der Waals surface area contributed by atoms with Gasteiger partial charge in [-0.05, 0) is 42.5 Å². The van der Waals surface area contributed by atoms with E-state index in [4.69, 9.17) is 4.74 Å². The standard InChI is InChI=1S/C21H19FN2O3/c22-19-9-5-4-8-18(19)20(25)14-23-21(26)24-15-10-12-17(13-11-15)27-16-6-2-1-3-7-16/h1-13,20,25H,14H2,(H2,23,24,26). The molecule has 0 spiro atoms. The van der Waals surface area contributed by atoms with E-state index < -0.39 is 18.0 Å². The lowest BCUT2D eigenvalue weighted by Crippen LogP contribution is -2.32. The fraction of sp³-hybridized carbons (Fsp3) is 0.0952. The maximum atomic E-state index is 13.6. The number of hydrogen-bond acceptors (Lipinski definition) is 3. The molecule has 5 nitrogen and oxygen atoms in total. The number of benzene rings is 3. The average Bonchev–Trinajstić information content (AvgIpc) is 2.69. The zero-order valence-electron chi connectivity index (χ0n) is 14.4. The van der Waals surface area contributed by atoms with Crippen LogP contribution in [0.25, 0.3) is 0 Å². The number of halogens is 1. The van der Waals surface area contributed by atoms with E-state index in [2.05, 4.69) is 10.6 Å². The van der Waals surface area contributed by atoms with Crippen molar-refractivity contribution in [2.75, 3.05) is 11.9 Å². The summed E-state index contributed by atoms with van der Waals surface area (Å²) < 4.78 is 19.3. The molecule has 0 aliphatic rings. The van der Waals surface area contributed by atoms with Crippen LogP contribution in [0.15, 0.2) is 78.9 Å². The Balaban J connectivity index is 1.50. The number of urea groups is 1. The first-order valence-corrected chi connectivity index (χ1v) is 8.42. The van der Waals surface area contributed by atoms with Gasteiger partial charge in [0.05, 0.1) is 6.10 Å². The molecule has 0 radical (unpaired) electrons. The van der Waals surface area contributed by atoms with Crippen molar-refractivity contribution in [1.29, 1.82) is 0 Å². The number of aliphatic hydroxyl groups excluding tert-OH is 1. The normalized spacial score (nSPS) is 11.5. The molecule has 1 unspecified atom stereocenters. The first-order chi connectivity index (χ1) is 13.1. The Morgan fingerprint density at radius 2 is 1.56 bits per heavy atom. The quantitative estimate of drug-likeness (QED) is 0.603. The molecular weight excluding hydrogens is 347 g/mol. The van der Waals surface area contributed by atoms with Gasteiger partial charge in [-0.25, -0.2) is 9.18 Å². The van der Waals surface area contributed by atoms with Gasteiger partial charge in [0.25, 0.3) is 0 Å². The molecule has 3 N–H and O–H groups in total. The van der Waals surface area contributed by atoms with Gasteiger partial charge in [0.2, 0.25) is 0 Å². The second-order valence-corrected chi connectivity index (χ2v) is 5.81. The number of para-hydroxylation sites is 1. The largest absolute Gasteiger partial charge is 0.457 e. The van der Waals surface area contributed by atoms with E-state index in [1.807, 2.05) is 30.3 Å². The maximum absolute atomic E-state index is 13.6. The van der Waals surface area contributed by atoms with Crippen molar-refractivity contribution < 1.29 is 19.0 Å². The average molecular weight is 366 g/mol. The summed E-state index contributed by atoms with van der Waals surface area (Å²) in [6, 6.07) is 21.6. The Labute approximate surface area is 156 Å². The number of amides is 2. The van der Waals surface area contributed by atoms with Gasteiger partial charge in [-0.15, -0.1) is 0 Å². The van der Waals surface area contributed by atoms with Gasteiger partial charge in [0.15, 0.2) is 0 Å².